The highest BCUT2D eigenvalue weighted by molar-refractivity contribution is 7.15. The molecule has 2 saturated carbocycles. The van der Waals surface area contributed by atoms with Gasteiger partial charge >= 0.3 is 18.0 Å². The minimum absolute atomic E-state index is 0.00391. The molecule has 2 aliphatic rings. The van der Waals surface area contributed by atoms with Crippen molar-refractivity contribution in [2.24, 2.45) is 11.3 Å². The molecule has 62 heavy (non-hydrogen) atoms. The number of para-hydroxylation sites is 1. The summed E-state index contributed by atoms with van der Waals surface area (Å²) in [5, 5.41) is 12.0. The zero-order valence-electron chi connectivity index (χ0n) is 33.5. The summed E-state index contributed by atoms with van der Waals surface area (Å²) in [6.07, 6.45) is 10.5. The van der Waals surface area contributed by atoms with Crippen LogP contribution in [0, 0.1) is 34.6 Å². The fourth-order valence-electron chi connectivity index (χ4n) is 8.72. The Hall–Kier alpha value is -6.13. The summed E-state index contributed by atoms with van der Waals surface area (Å²) in [6.45, 7) is 0. The fraction of sp³-hybridized carbons (Fsp3) is 0.283. The molecule has 2 aromatic heterocycles. The van der Waals surface area contributed by atoms with E-state index in [1.165, 1.54) is 13.2 Å². The molecular weight excluding hydrogens is 841 g/mol. The van der Waals surface area contributed by atoms with Gasteiger partial charge < -0.3 is 26.0 Å². The van der Waals surface area contributed by atoms with E-state index in [9.17, 15) is 31.9 Å². The van der Waals surface area contributed by atoms with Crippen LogP contribution in [-0.2, 0) is 9.53 Å². The van der Waals surface area contributed by atoms with Crippen LogP contribution in [0.3, 0.4) is 0 Å². The van der Waals surface area contributed by atoms with E-state index in [-0.39, 0.29) is 29.4 Å². The van der Waals surface area contributed by atoms with Crippen LogP contribution in [0.5, 0.6) is 0 Å². The van der Waals surface area contributed by atoms with Crippen molar-refractivity contribution in [1.82, 2.24) is 9.97 Å². The molecule has 320 valence electrons. The van der Waals surface area contributed by atoms with Crippen molar-refractivity contribution in [3.05, 3.63) is 131 Å². The summed E-state index contributed by atoms with van der Waals surface area (Å²) < 4.78 is 60.4. The van der Waals surface area contributed by atoms with Crippen LogP contribution in [-0.4, -0.2) is 35.1 Å². The molecule has 0 saturated heterocycles. The molecule has 2 heterocycles. The number of rotatable bonds is 10. The highest BCUT2D eigenvalue weighted by atomic mass is 32.1. The molecule has 4 N–H and O–H groups in total. The van der Waals surface area contributed by atoms with Crippen molar-refractivity contribution in [2.45, 2.75) is 63.2 Å². The molecule has 0 bridgehead atoms. The number of methoxy groups -OCH3 is 1. The van der Waals surface area contributed by atoms with Crippen LogP contribution in [0.2, 0.25) is 0 Å². The Labute approximate surface area is 363 Å². The minimum atomic E-state index is -0.866. The summed E-state index contributed by atoms with van der Waals surface area (Å²) in [5.74, 6) is -2.73. The van der Waals surface area contributed by atoms with Crippen molar-refractivity contribution in [1.29, 1.82) is 0 Å². The second kappa shape index (κ2) is 18.5. The van der Waals surface area contributed by atoms with Gasteiger partial charge in [0.1, 0.15) is 29.0 Å². The molecule has 6 aromatic rings. The van der Waals surface area contributed by atoms with Crippen LogP contribution < -0.4 is 21.3 Å². The van der Waals surface area contributed by atoms with E-state index >= 15 is 0 Å². The van der Waals surface area contributed by atoms with Crippen LogP contribution >= 0.6 is 22.7 Å². The molecule has 0 radical (unpaired) electrons. The average Bonchev–Trinajstić information content (AvgIpc) is 3.97. The zero-order chi connectivity index (χ0) is 43.4. The molecule has 8 rings (SSSR count). The van der Waals surface area contributed by atoms with Gasteiger partial charge in [-0.25, -0.2) is 37.1 Å². The van der Waals surface area contributed by atoms with Gasteiger partial charge in [0.25, 0.3) is 0 Å². The SMILES string of the molecule is COC(=O)C1(C2CCC(c3ncc(-c4ccc(NC(=O)Nc5c(F)cccc5F)cc4)s3)CC2)CCC(c2ncc(-c3ccc(NC(=O)Nc4cc(F)cc(F)c4)cc3)s2)CC1. The number of amides is 4. The number of benzene rings is 4. The number of esters is 1. The largest absolute Gasteiger partial charge is 0.469 e. The third kappa shape index (κ3) is 9.50. The second-order valence-electron chi connectivity index (χ2n) is 15.7. The molecule has 2 aliphatic carbocycles. The summed E-state index contributed by atoms with van der Waals surface area (Å²) in [5.41, 5.74) is 1.78. The maximum absolute atomic E-state index is 14.0. The highest BCUT2D eigenvalue weighted by Crippen LogP contribution is 2.54. The Kier molecular flexibility index (Phi) is 12.7. The molecule has 2 fully saturated rings. The zero-order valence-corrected chi connectivity index (χ0v) is 35.1. The molecule has 0 atom stereocenters. The first-order valence-electron chi connectivity index (χ1n) is 20.2. The van der Waals surface area contributed by atoms with Gasteiger partial charge in [-0.1, -0.05) is 30.3 Å². The number of hydrogen-bond acceptors (Lipinski definition) is 8. The molecular formula is C46H42F4N6O4S2. The van der Waals surface area contributed by atoms with E-state index in [0.29, 0.717) is 11.4 Å². The lowest BCUT2D eigenvalue weighted by molar-refractivity contribution is -0.161. The normalized spacial score (nSPS) is 19.9. The predicted molar refractivity (Wildman–Crippen MR) is 233 cm³/mol. The van der Waals surface area contributed by atoms with Crippen LogP contribution in [0.1, 0.15) is 73.2 Å². The number of hydrogen-bond donors (Lipinski definition) is 4. The molecule has 4 aromatic carbocycles. The first-order chi connectivity index (χ1) is 30.0. The lowest BCUT2D eigenvalue weighted by atomic mass is 9.59. The summed E-state index contributed by atoms with van der Waals surface area (Å²) in [4.78, 5) is 49.9. The molecule has 4 amide bonds. The van der Waals surface area contributed by atoms with Crippen LogP contribution in [0.25, 0.3) is 20.9 Å². The van der Waals surface area contributed by atoms with Gasteiger partial charge in [0.05, 0.1) is 32.3 Å². The molecule has 16 heteroatoms. The van der Waals surface area contributed by atoms with Gasteiger partial charge in [-0.3, -0.25) is 4.79 Å². The first kappa shape index (κ1) is 42.6. The van der Waals surface area contributed by atoms with E-state index in [2.05, 4.69) is 21.3 Å². The van der Waals surface area contributed by atoms with Crippen molar-refractivity contribution < 1.29 is 36.7 Å². The van der Waals surface area contributed by atoms with Gasteiger partial charge in [-0.05, 0) is 117 Å². The number of carbonyl (C=O) groups excluding carboxylic acids is 3. The molecule has 0 spiro atoms. The number of halogens is 4. The Balaban J connectivity index is 0.832. The number of urea groups is 2. The monoisotopic (exact) mass is 882 g/mol. The van der Waals surface area contributed by atoms with Crippen molar-refractivity contribution in [3.63, 3.8) is 0 Å². The number of nitrogens with zero attached hydrogens (tertiary/aromatic N) is 2. The number of aromatic nitrogens is 2. The number of nitrogens with one attached hydrogen (secondary N) is 4. The van der Waals surface area contributed by atoms with Gasteiger partial charge in [0.15, 0.2) is 0 Å². The maximum atomic E-state index is 14.0. The van der Waals surface area contributed by atoms with E-state index in [0.717, 1.165) is 113 Å². The Morgan fingerprint density at radius 1 is 0.613 bits per heavy atom. The van der Waals surface area contributed by atoms with Crippen molar-refractivity contribution in [2.75, 3.05) is 28.4 Å². The van der Waals surface area contributed by atoms with Crippen LogP contribution in [0.4, 0.5) is 49.9 Å². The van der Waals surface area contributed by atoms with E-state index in [4.69, 9.17) is 14.7 Å². The third-order valence-electron chi connectivity index (χ3n) is 11.9. The lowest BCUT2D eigenvalue weighted by Crippen LogP contribution is -2.43. The van der Waals surface area contributed by atoms with E-state index in [1.807, 2.05) is 36.7 Å². The first-order valence-corrected chi connectivity index (χ1v) is 21.9. The number of thiazole rings is 2. The minimum Gasteiger partial charge on any atom is -0.469 e. The second-order valence-corrected chi connectivity index (χ2v) is 17.8. The molecule has 0 unspecified atom stereocenters. The van der Waals surface area contributed by atoms with Crippen molar-refractivity contribution in [3.8, 4) is 20.9 Å². The number of ether oxygens (including phenoxy) is 1. The fourth-order valence-corrected chi connectivity index (χ4v) is 10.9. The highest BCUT2D eigenvalue weighted by Gasteiger charge is 2.50. The van der Waals surface area contributed by atoms with Gasteiger partial charge in [0, 0.05) is 47.4 Å². The third-order valence-corrected chi connectivity index (χ3v) is 14.3. The Morgan fingerprint density at radius 2 is 1.08 bits per heavy atom. The summed E-state index contributed by atoms with van der Waals surface area (Å²) in [7, 11) is 1.48. The molecule has 10 nitrogen and oxygen atoms in total. The van der Waals surface area contributed by atoms with Gasteiger partial charge in [-0.2, -0.15) is 0 Å². The maximum Gasteiger partial charge on any atom is 0.323 e. The number of anilines is 4. The lowest BCUT2D eigenvalue weighted by Gasteiger charge is -2.45. The standard InChI is InChI=1S/C46H42F4N6O4S2/c1-60-43(57)46(19-17-29(18-20-46)42-52-25-39(62-42)27-7-13-33(14-8-27)53-44(58)55-35-22-31(47)21-32(48)23-35)30-11-5-28(6-12-30)41-51-24-38(61-41)26-9-15-34(16-10-26)54-45(59)56-40-36(49)3-2-4-37(40)50/h2-4,7-10,13-16,21-25,28-30H,5-6,11-12,17-20H2,1H3,(H2,53,55,58)(H2,54,56,59). The number of carbonyl (C=O) groups is 3. The Morgan fingerprint density at radius 3 is 1.58 bits per heavy atom. The van der Waals surface area contributed by atoms with E-state index in [1.54, 1.807) is 46.9 Å². The van der Waals surface area contributed by atoms with E-state index < -0.39 is 46.4 Å². The Bertz CT molecular complexity index is 2530. The van der Waals surface area contributed by atoms with Crippen molar-refractivity contribution >= 4 is 63.5 Å². The summed E-state index contributed by atoms with van der Waals surface area (Å²) >= 11 is 3.26. The summed E-state index contributed by atoms with van der Waals surface area (Å²) in [6, 6.07) is 19.2. The van der Waals surface area contributed by atoms with Gasteiger partial charge in [0.2, 0.25) is 0 Å². The molecule has 0 aliphatic heterocycles. The van der Waals surface area contributed by atoms with Crippen LogP contribution in [0.15, 0.2) is 97.3 Å². The topological polar surface area (TPSA) is 134 Å². The van der Waals surface area contributed by atoms with Gasteiger partial charge in [-0.15, -0.1) is 22.7 Å². The quantitative estimate of drug-likeness (QED) is 0.0799. The average molecular weight is 883 g/mol. The smallest absolute Gasteiger partial charge is 0.323 e. The predicted octanol–water partition coefficient (Wildman–Crippen LogP) is 12.6.